The molecule has 1 amide bonds. The molecule has 2 aliphatic rings. The zero-order valence-corrected chi connectivity index (χ0v) is 21.6. The van der Waals surface area contributed by atoms with Crippen molar-refractivity contribution in [1.29, 1.82) is 5.26 Å². The Balaban J connectivity index is 1.26. The lowest BCUT2D eigenvalue weighted by molar-refractivity contribution is 0.00343. The number of ether oxygens (including phenoxy) is 1. The van der Waals surface area contributed by atoms with Crippen LogP contribution in [0.3, 0.4) is 0 Å². The van der Waals surface area contributed by atoms with E-state index in [-0.39, 0.29) is 12.0 Å². The van der Waals surface area contributed by atoms with Gasteiger partial charge in [0.15, 0.2) is 0 Å². The third-order valence-corrected chi connectivity index (χ3v) is 7.40. The van der Waals surface area contributed by atoms with E-state index >= 15 is 0 Å². The second-order valence-electron chi connectivity index (χ2n) is 10.0. The summed E-state index contributed by atoms with van der Waals surface area (Å²) in [6.45, 7) is 5.96. The number of hydrogen-bond acceptors (Lipinski definition) is 5. The topological polar surface area (TPSA) is 59.8 Å². The van der Waals surface area contributed by atoms with Gasteiger partial charge in [-0.15, -0.1) is 0 Å². The summed E-state index contributed by atoms with van der Waals surface area (Å²) < 4.78 is 20.1. The Bertz CT molecular complexity index is 1280. The molecule has 3 aromatic rings. The van der Waals surface area contributed by atoms with E-state index in [0.717, 1.165) is 37.3 Å². The van der Waals surface area contributed by atoms with Crippen molar-refractivity contribution in [3.63, 3.8) is 0 Å². The van der Waals surface area contributed by atoms with E-state index in [9.17, 15) is 9.18 Å². The maximum absolute atomic E-state index is 13.6. The van der Waals surface area contributed by atoms with Gasteiger partial charge in [-0.25, -0.2) is 4.39 Å². The summed E-state index contributed by atoms with van der Waals surface area (Å²) in [5.74, 6) is -0.524. The predicted octanol–water partition coefficient (Wildman–Crippen LogP) is 5.01. The molecule has 0 aliphatic carbocycles. The normalized spacial score (nSPS) is 16.8. The molecule has 7 heteroatoms. The van der Waals surface area contributed by atoms with Crippen LogP contribution in [0.1, 0.15) is 46.0 Å². The van der Waals surface area contributed by atoms with Crippen molar-refractivity contribution >= 4 is 11.6 Å². The molecule has 3 aromatic carbocycles. The zero-order valence-electron chi connectivity index (χ0n) is 21.6. The molecule has 2 heterocycles. The van der Waals surface area contributed by atoms with Crippen molar-refractivity contribution in [3.8, 4) is 6.07 Å². The summed E-state index contributed by atoms with van der Waals surface area (Å²) in [6, 6.07) is 24.2. The first-order valence-electron chi connectivity index (χ1n) is 13.3. The maximum atomic E-state index is 13.6. The van der Waals surface area contributed by atoms with Crippen molar-refractivity contribution in [2.75, 3.05) is 50.7 Å². The average molecular weight is 513 g/mol. The number of amides is 1. The molecule has 0 aromatic heterocycles. The summed E-state index contributed by atoms with van der Waals surface area (Å²) in [7, 11) is 0. The molecular weight excluding hydrogens is 479 g/mol. The van der Waals surface area contributed by atoms with E-state index in [4.69, 9.17) is 10.00 Å². The predicted molar refractivity (Wildman–Crippen MR) is 145 cm³/mol. The van der Waals surface area contributed by atoms with E-state index in [1.165, 1.54) is 30.7 Å². The molecule has 2 aliphatic heterocycles. The van der Waals surface area contributed by atoms with Crippen molar-refractivity contribution in [1.82, 2.24) is 9.80 Å². The molecule has 38 heavy (non-hydrogen) atoms. The molecule has 6 nitrogen and oxygen atoms in total. The quantitative estimate of drug-likeness (QED) is 0.425. The minimum absolute atomic E-state index is 0.129. The average Bonchev–Trinajstić information content (AvgIpc) is 3.51. The van der Waals surface area contributed by atoms with Gasteiger partial charge in [-0.1, -0.05) is 30.3 Å². The van der Waals surface area contributed by atoms with Crippen LogP contribution in [0.5, 0.6) is 0 Å². The van der Waals surface area contributed by atoms with Crippen molar-refractivity contribution in [2.24, 2.45) is 0 Å². The van der Waals surface area contributed by atoms with E-state index < -0.39 is 5.82 Å². The van der Waals surface area contributed by atoms with Gasteiger partial charge in [0, 0.05) is 57.1 Å². The van der Waals surface area contributed by atoms with Crippen LogP contribution in [0.25, 0.3) is 0 Å². The van der Waals surface area contributed by atoms with Gasteiger partial charge in [0.25, 0.3) is 5.91 Å². The number of carbonyl (C=O) groups is 1. The van der Waals surface area contributed by atoms with Gasteiger partial charge in [0.1, 0.15) is 5.82 Å². The van der Waals surface area contributed by atoms with Gasteiger partial charge >= 0.3 is 0 Å². The molecule has 0 bridgehead atoms. The lowest BCUT2D eigenvalue weighted by Gasteiger charge is -2.36. The van der Waals surface area contributed by atoms with Crippen molar-refractivity contribution in [3.05, 3.63) is 101 Å². The van der Waals surface area contributed by atoms with E-state index in [1.54, 1.807) is 17.0 Å². The highest BCUT2D eigenvalue weighted by Crippen LogP contribution is 2.28. The number of hydrogen-bond donors (Lipinski definition) is 0. The number of piperazine rings is 1. The standard InChI is InChI=1S/C31H33FN4O2/c32-28-7-3-6-27(19-28)31(37)36-17-15-34(16-18-36)22-30(38-23-25-11-9-24(21-33)10-12-25)26-5-4-8-29(20-26)35-13-1-2-14-35/h3-12,19-20,30H,1-2,13-18,22-23H2/t30-/m1/s1. The molecule has 0 N–H and O–H groups in total. The number of benzene rings is 3. The molecule has 1 atom stereocenters. The highest BCUT2D eigenvalue weighted by atomic mass is 19.1. The molecule has 0 saturated carbocycles. The summed E-state index contributed by atoms with van der Waals surface area (Å²) in [5.41, 5.74) is 4.42. The fraction of sp³-hybridized carbons (Fsp3) is 0.355. The smallest absolute Gasteiger partial charge is 0.254 e. The monoisotopic (exact) mass is 512 g/mol. The minimum atomic E-state index is -0.395. The minimum Gasteiger partial charge on any atom is -0.372 e. The lowest BCUT2D eigenvalue weighted by atomic mass is 10.1. The summed E-state index contributed by atoms with van der Waals surface area (Å²) in [5, 5.41) is 9.09. The van der Waals surface area contributed by atoms with E-state index in [1.807, 2.05) is 24.3 Å². The molecular formula is C31H33FN4O2. The fourth-order valence-electron chi connectivity index (χ4n) is 5.20. The summed E-state index contributed by atoms with van der Waals surface area (Å²) in [4.78, 5) is 19.4. The van der Waals surface area contributed by atoms with Crippen LogP contribution >= 0.6 is 0 Å². The number of nitrogens with zero attached hydrogens (tertiary/aromatic N) is 4. The number of halogens is 1. The van der Waals surface area contributed by atoms with Crippen LogP contribution < -0.4 is 4.90 Å². The summed E-state index contributed by atoms with van der Waals surface area (Å²) >= 11 is 0. The SMILES string of the molecule is N#Cc1ccc(CO[C@H](CN2CCN(C(=O)c3cccc(F)c3)CC2)c2cccc(N3CCCC3)c2)cc1. The number of nitriles is 1. The molecule has 2 saturated heterocycles. The third-order valence-electron chi connectivity index (χ3n) is 7.40. The van der Waals surface area contributed by atoms with Gasteiger partial charge in [-0.05, 0) is 66.4 Å². The largest absolute Gasteiger partial charge is 0.372 e. The van der Waals surface area contributed by atoms with Crippen molar-refractivity contribution < 1.29 is 13.9 Å². The molecule has 0 unspecified atom stereocenters. The number of rotatable bonds is 8. The Morgan fingerprint density at radius 3 is 2.37 bits per heavy atom. The Labute approximate surface area is 223 Å². The van der Waals surface area contributed by atoms with Gasteiger partial charge in [-0.2, -0.15) is 5.26 Å². The number of anilines is 1. The van der Waals surface area contributed by atoms with Gasteiger partial charge in [0.2, 0.25) is 0 Å². The van der Waals surface area contributed by atoms with Crippen LogP contribution in [-0.4, -0.2) is 61.5 Å². The van der Waals surface area contributed by atoms with Crippen LogP contribution in [0, 0.1) is 17.1 Å². The second kappa shape index (κ2) is 12.2. The molecule has 0 spiro atoms. The number of carbonyl (C=O) groups excluding carboxylic acids is 1. The Morgan fingerprint density at radius 2 is 1.66 bits per heavy atom. The first-order chi connectivity index (χ1) is 18.6. The molecule has 0 radical (unpaired) electrons. The maximum Gasteiger partial charge on any atom is 0.254 e. The van der Waals surface area contributed by atoms with Crippen LogP contribution in [0.2, 0.25) is 0 Å². The Hall–Kier alpha value is -3.73. The lowest BCUT2D eigenvalue weighted by Crippen LogP contribution is -2.49. The van der Waals surface area contributed by atoms with Crippen LogP contribution in [0.15, 0.2) is 72.8 Å². The van der Waals surface area contributed by atoms with Gasteiger partial charge in [-0.3, -0.25) is 9.69 Å². The van der Waals surface area contributed by atoms with E-state index in [0.29, 0.717) is 37.4 Å². The van der Waals surface area contributed by atoms with Crippen LogP contribution in [-0.2, 0) is 11.3 Å². The third kappa shape index (κ3) is 6.39. The van der Waals surface area contributed by atoms with Crippen molar-refractivity contribution in [2.45, 2.75) is 25.6 Å². The zero-order chi connectivity index (χ0) is 26.3. The van der Waals surface area contributed by atoms with Gasteiger partial charge in [0.05, 0.1) is 24.3 Å². The molecule has 5 rings (SSSR count). The fourth-order valence-corrected chi connectivity index (χ4v) is 5.20. The molecule has 196 valence electrons. The highest BCUT2D eigenvalue weighted by Gasteiger charge is 2.25. The first-order valence-corrected chi connectivity index (χ1v) is 13.3. The molecule has 2 fully saturated rings. The Kier molecular flexibility index (Phi) is 8.32. The Morgan fingerprint density at radius 1 is 0.921 bits per heavy atom. The highest BCUT2D eigenvalue weighted by molar-refractivity contribution is 5.94. The summed E-state index contributed by atoms with van der Waals surface area (Å²) in [6.07, 6.45) is 2.31. The van der Waals surface area contributed by atoms with E-state index in [2.05, 4.69) is 40.1 Å². The first kappa shape index (κ1) is 25.9. The van der Waals surface area contributed by atoms with Gasteiger partial charge < -0.3 is 14.5 Å². The van der Waals surface area contributed by atoms with Crippen LogP contribution in [0.4, 0.5) is 10.1 Å². The second-order valence-corrected chi connectivity index (χ2v) is 10.0.